The highest BCUT2D eigenvalue weighted by Crippen LogP contribution is 2.24. The first-order valence-electron chi connectivity index (χ1n) is 6.59. The van der Waals surface area contributed by atoms with Crippen LogP contribution in [-0.4, -0.2) is 17.0 Å². The molecule has 0 fully saturated rings. The van der Waals surface area contributed by atoms with Crippen molar-refractivity contribution in [1.29, 1.82) is 0 Å². The summed E-state index contributed by atoms with van der Waals surface area (Å²) in [5.74, 6) is 0.0400. The minimum Gasteiger partial charge on any atom is -0.373 e. The van der Waals surface area contributed by atoms with E-state index in [9.17, 15) is 8.78 Å². The average molecular weight is 292 g/mol. The number of nitrogens with one attached hydrogen (secondary N) is 2. The van der Waals surface area contributed by atoms with Crippen molar-refractivity contribution in [2.45, 2.75) is 26.2 Å². The molecule has 0 atom stereocenters. The molecule has 0 radical (unpaired) electrons. The Balaban J connectivity index is 2.36. The van der Waals surface area contributed by atoms with Gasteiger partial charge in [0.25, 0.3) is 0 Å². The highest BCUT2D eigenvalue weighted by molar-refractivity contribution is 5.59. The van der Waals surface area contributed by atoms with Crippen molar-refractivity contribution < 1.29 is 8.78 Å². The Morgan fingerprint density at radius 2 is 1.62 bits per heavy atom. The van der Waals surface area contributed by atoms with Gasteiger partial charge in [-0.05, 0) is 12.1 Å². The first-order chi connectivity index (χ1) is 9.79. The van der Waals surface area contributed by atoms with Gasteiger partial charge in [-0.2, -0.15) is 0 Å². The van der Waals surface area contributed by atoms with Crippen LogP contribution < -0.4 is 10.6 Å². The van der Waals surface area contributed by atoms with Gasteiger partial charge in [-0.15, -0.1) is 0 Å². The zero-order chi connectivity index (χ0) is 15.6. The van der Waals surface area contributed by atoms with E-state index in [0.29, 0.717) is 23.1 Å². The van der Waals surface area contributed by atoms with Crippen molar-refractivity contribution in [2.24, 2.45) is 0 Å². The number of hydrogen-bond donors (Lipinski definition) is 2. The molecule has 112 valence electrons. The maximum atomic E-state index is 13.2. The second-order valence-corrected chi connectivity index (χ2v) is 5.72. The van der Waals surface area contributed by atoms with Crippen LogP contribution in [0.2, 0.25) is 0 Å². The van der Waals surface area contributed by atoms with E-state index >= 15 is 0 Å². The Hall–Kier alpha value is -2.24. The Morgan fingerprint density at radius 3 is 2.19 bits per heavy atom. The van der Waals surface area contributed by atoms with Gasteiger partial charge in [-0.1, -0.05) is 20.8 Å². The van der Waals surface area contributed by atoms with Crippen molar-refractivity contribution in [3.05, 3.63) is 41.7 Å². The quantitative estimate of drug-likeness (QED) is 0.902. The van der Waals surface area contributed by atoms with E-state index in [1.165, 1.54) is 6.07 Å². The summed E-state index contributed by atoms with van der Waals surface area (Å²) in [7, 11) is 1.76. The van der Waals surface area contributed by atoms with Crippen molar-refractivity contribution in [3.8, 4) is 0 Å². The smallest absolute Gasteiger partial charge is 0.160 e. The minimum absolute atomic E-state index is 0.225. The molecular weight excluding hydrogens is 274 g/mol. The second kappa shape index (κ2) is 5.63. The third-order valence-electron chi connectivity index (χ3n) is 2.85. The van der Waals surface area contributed by atoms with Gasteiger partial charge in [-0.3, -0.25) is 0 Å². The number of anilines is 3. The van der Waals surface area contributed by atoms with E-state index in [1.54, 1.807) is 13.1 Å². The van der Waals surface area contributed by atoms with Gasteiger partial charge in [-0.25, -0.2) is 18.7 Å². The summed E-state index contributed by atoms with van der Waals surface area (Å²) in [5.41, 5.74) is 0.201. The molecule has 1 aromatic heterocycles. The Labute approximate surface area is 122 Å². The van der Waals surface area contributed by atoms with Crippen LogP contribution in [0.1, 0.15) is 26.6 Å². The number of halogens is 2. The first kappa shape index (κ1) is 15.2. The van der Waals surface area contributed by atoms with Gasteiger partial charge < -0.3 is 10.6 Å². The summed E-state index contributed by atoms with van der Waals surface area (Å²) in [6.07, 6.45) is 0. The lowest BCUT2D eigenvalue weighted by Crippen LogP contribution is -2.17. The van der Waals surface area contributed by atoms with Gasteiger partial charge in [0.15, 0.2) is 11.6 Å². The molecule has 0 bridgehead atoms. The van der Waals surface area contributed by atoms with Crippen LogP contribution >= 0.6 is 0 Å². The number of nitrogens with zero attached hydrogens (tertiary/aromatic N) is 2. The maximum absolute atomic E-state index is 13.2. The van der Waals surface area contributed by atoms with E-state index in [4.69, 9.17) is 0 Å². The number of benzene rings is 1. The third-order valence-corrected chi connectivity index (χ3v) is 2.85. The van der Waals surface area contributed by atoms with Crippen molar-refractivity contribution in [1.82, 2.24) is 9.97 Å². The summed E-state index contributed by atoms with van der Waals surface area (Å²) in [4.78, 5) is 8.82. The zero-order valence-electron chi connectivity index (χ0n) is 12.5. The Morgan fingerprint density at radius 1 is 0.952 bits per heavy atom. The SMILES string of the molecule is CNc1cc(Nc2ccc(F)c(F)c2)nc(C(C)(C)C)n1. The lowest BCUT2D eigenvalue weighted by molar-refractivity contribution is 0.509. The predicted molar refractivity (Wildman–Crippen MR) is 79.9 cm³/mol. The maximum Gasteiger partial charge on any atom is 0.160 e. The standard InChI is InChI=1S/C15H18F2N4/c1-15(2,3)14-20-12(18-4)8-13(21-14)19-9-5-6-10(16)11(17)7-9/h5-8H,1-4H3,(H2,18,19,20,21). The minimum atomic E-state index is -0.904. The van der Waals surface area contributed by atoms with Gasteiger partial charge in [0, 0.05) is 30.3 Å². The Bertz CT molecular complexity index is 651. The van der Waals surface area contributed by atoms with Crippen LogP contribution in [0.4, 0.5) is 26.1 Å². The third kappa shape index (κ3) is 3.65. The highest BCUT2D eigenvalue weighted by Gasteiger charge is 2.19. The fraction of sp³-hybridized carbons (Fsp3) is 0.333. The van der Waals surface area contributed by atoms with Crippen molar-refractivity contribution in [2.75, 3.05) is 17.7 Å². The van der Waals surface area contributed by atoms with Crippen LogP contribution in [-0.2, 0) is 5.41 Å². The number of aromatic nitrogens is 2. The van der Waals surface area contributed by atoms with Crippen molar-refractivity contribution in [3.63, 3.8) is 0 Å². The molecule has 1 aromatic carbocycles. The lowest BCUT2D eigenvalue weighted by atomic mass is 9.96. The molecule has 2 rings (SSSR count). The van der Waals surface area contributed by atoms with Gasteiger partial charge >= 0.3 is 0 Å². The normalized spacial score (nSPS) is 11.3. The average Bonchev–Trinajstić information content (AvgIpc) is 2.41. The van der Waals surface area contributed by atoms with Gasteiger partial charge in [0.1, 0.15) is 17.5 Å². The van der Waals surface area contributed by atoms with E-state index in [1.807, 2.05) is 20.8 Å². The molecule has 6 heteroatoms. The fourth-order valence-electron chi connectivity index (χ4n) is 1.70. The number of hydrogen-bond acceptors (Lipinski definition) is 4. The molecule has 21 heavy (non-hydrogen) atoms. The number of rotatable bonds is 3. The molecule has 2 aromatic rings. The molecule has 1 heterocycles. The van der Waals surface area contributed by atoms with E-state index in [2.05, 4.69) is 20.6 Å². The highest BCUT2D eigenvalue weighted by atomic mass is 19.2. The van der Waals surface area contributed by atoms with Crippen LogP contribution in [0, 0.1) is 11.6 Å². The van der Waals surface area contributed by atoms with Crippen LogP contribution in [0.15, 0.2) is 24.3 Å². The summed E-state index contributed by atoms with van der Waals surface area (Å²) in [6, 6.07) is 5.32. The Kier molecular flexibility index (Phi) is 4.06. The zero-order valence-corrected chi connectivity index (χ0v) is 12.5. The molecule has 0 saturated carbocycles. The molecule has 0 amide bonds. The molecule has 0 unspecified atom stereocenters. The predicted octanol–water partition coefficient (Wildman–Crippen LogP) is 3.84. The largest absolute Gasteiger partial charge is 0.373 e. The molecule has 0 aliphatic carbocycles. The summed E-state index contributed by atoms with van der Waals surface area (Å²) >= 11 is 0. The first-order valence-corrected chi connectivity index (χ1v) is 6.59. The van der Waals surface area contributed by atoms with Crippen LogP contribution in [0.3, 0.4) is 0 Å². The van der Waals surface area contributed by atoms with Crippen LogP contribution in [0.25, 0.3) is 0 Å². The lowest BCUT2D eigenvalue weighted by Gasteiger charge is -2.19. The van der Waals surface area contributed by atoms with Gasteiger partial charge in [0.2, 0.25) is 0 Å². The molecule has 0 saturated heterocycles. The molecule has 0 aliphatic heterocycles. The van der Waals surface area contributed by atoms with Crippen LogP contribution in [0.5, 0.6) is 0 Å². The van der Waals surface area contributed by atoms with E-state index in [0.717, 1.165) is 12.1 Å². The van der Waals surface area contributed by atoms with E-state index in [-0.39, 0.29) is 5.41 Å². The summed E-state index contributed by atoms with van der Waals surface area (Å²) in [5, 5.41) is 5.92. The molecule has 0 aliphatic rings. The molecule has 2 N–H and O–H groups in total. The molecular formula is C15H18F2N4. The van der Waals surface area contributed by atoms with Gasteiger partial charge in [0.05, 0.1) is 0 Å². The summed E-state index contributed by atoms with van der Waals surface area (Å²) in [6.45, 7) is 6.01. The topological polar surface area (TPSA) is 49.8 Å². The monoisotopic (exact) mass is 292 g/mol. The molecule has 4 nitrogen and oxygen atoms in total. The molecule has 0 spiro atoms. The summed E-state index contributed by atoms with van der Waals surface area (Å²) < 4.78 is 26.2. The van der Waals surface area contributed by atoms with E-state index < -0.39 is 11.6 Å². The fourth-order valence-corrected chi connectivity index (χ4v) is 1.70. The second-order valence-electron chi connectivity index (χ2n) is 5.72. The van der Waals surface area contributed by atoms with Crippen molar-refractivity contribution >= 4 is 17.3 Å².